The number of hydrogen-bond donors (Lipinski definition) is 2. The molecule has 4 nitrogen and oxygen atoms in total. The number of carbonyl (C=O) groups is 1. The molecule has 2 N–H and O–H groups in total. The van der Waals surface area contributed by atoms with Crippen molar-refractivity contribution in [2.24, 2.45) is 0 Å². The van der Waals surface area contributed by atoms with Gasteiger partial charge in [0, 0.05) is 30.9 Å². The number of rotatable bonds is 3. The van der Waals surface area contributed by atoms with Gasteiger partial charge in [-0.3, -0.25) is 9.69 Å². The first kappa shape index (κ1) is 15.6. The molecule has 1 amide bonds. The predicted molar refractivity (Wildman–Crippen MR) is 83.6 cm³/mol. The smallest absolute Gasteiger partial charge is 0.238 e. The molecule has 0 unspecified atom stereocenters. The maximum absolute atomic E-state index is 12.1. The summed E-state index contributed by atoms with van der Waals surface area (Å²) in [6.07, 6.45) is 0. The van der Waals surface area contributed by atoms with E-state index >= 15 is 0 Å². The zero-order valence-corrected chi connectivity index (χ0v) is 13.2. The molecule has 1 aromatic rings. The van der Waals surface area contributed by atoms with Crippen molar-refractivity contribution in [1.29, 1.82) is 0 Å². The van der Waals surface area contributed by atoms with Crippen molar-refractivity contribution in [1.82, 2.24) is 10.2 Å². The first-order valence-electron chi connectivity index (χ1n) is 6.59. The summed E-state index contributed by atoms with van der Waals surface area (Å²) >= 11 is 11.8. The molecule has 1 aromatic carbocycles. The number of halogens is 2. The van der Waals surface area contributed by atoms with Crippen LogP contribution in [-0.4, -0.2) is 42.5 Å². The fraction of sp³-hybridized carbons (Fsp3) is 0.500. The topological polar surface area (TPSA) is 44.4 Å². The Balaban J connectivity index is 1.96. The molecule has 1 fully saturated rings. The van der Waals surface area contributed by atoms with Crippen molar-refractivity contribution in [3.05, 3.63) is 28.2 Å². The minimum absolute atomic E-state index is 0.0206. The van der Waals surface area contributed by atoms with Gasteiger partial charge in [0.2, 0.25) is 5.91 Å². The van der Waals surface area contributed by atoms with E-state index in [-0.39, 0.29) is 11.4 Å². The van der Waals surface area contributed by atoms with E-state index in [0.717, 1.165) is 19.6 Å². The molecule has 0 atom stereocenters. The number of anilines is 1. The molecule has 0 bridgehead atoms. The lowest BCUT2D eigenvalue weighted by molar-refractivity contribution is -0.119. The molecule has 0 radical (unpaired) electrons. The minimum atomic E-state index is -0.0432. The maximum Gasteiger partial charge on any atom is 0.238 e. The fourth-order valence-corrected chi connectivity index (χ4v) is 2.56. The van der Waals surface area contributed by atoms with Gasteiger partial charge < -0.3 is 10.6 Å². The van der Waals surface area contributed by atoms with Crippen LogP contribution in [-0.2, 0) is 4.79 Å². The highest BCUT2D eigenvalue weighted by Gasteiger charge is 2.30. The molecule has 0 aromatic heterocycles. The van der Waals surface area contributed by atoms with Crippen molar-refractivity contribution in [3.63, 3.8) is 0 Å². The lowest BCUT2D eigenvalue weighted by atomic mass is 10.0. The number of hydrogen-bond acceptors (Lipinski definition) is 3. The summed E-state index contributed by atoms with van der Waals surface area (Å²) in [6.45, 7) is 7.28. The van der Waals surface area contributed by atoms with Crippen LogP contribution >= 0.6 is 23.2 Å². The highest BCUT2D eigenvalue weighted by atomic mass is 35.5. The number of piperazine rings is 1. The van der Waals surface area contributed by atoms with Crippen LogP contribution in [0.1, 0.15) is 13.8 Å². The van der Waals surface area contributed by atoms with Gasteiger partial charge in [0.25, 0.3) is 0 Å². The molecule has 1 aliphatic rings. The predicted octanol–water partition coefficient (Wildman–Crippen LogP) is 2.62. The molecule has 0 aliphatic carbocycles. The van der Waals surface area contributed by atoms with Gasteiger partial charge in [0.1, 0.15) is 0 Å². The largest absolute Gasteiger partial charge is 0.325 e. The third kappa shape index (κ3) is 3.85. The molecule has 0 spiro atoms. The van der Waals surface area contributed by atoms with Crippen LogP contribution in [0.15, 0.2) is 18.2 Å². The van der Waals surface area contributed by atoms with E-state index in [1.54, 1.807) is 18.2 Å². The van der Waals surface area contributed by atoms with Gasteiger partial charge in [0.05, 0.1) is 16.6 Å². The number of benzene rings is 1. The first-order chi connectivity index (χ1) is 9.38. The molecule has 6 heteroatoms. The van der Waals surface area contributed by atoms with E-state index < -0.39 is 0 Å². The number of amides is 1. The van der Waals surface area contributed by atoms with Crippen LogP contribution in [0.25, 0.3) is 0 Å². The maximum atomic E-state index is 12.1. The Bertz CT molecular complexity index is 505. The lowest BCUT2D eigenvalue weighted by Gasteiger charge is -2.42. The van der Waals surface area contributed by atoms with Crippen LogP contribution in [0.3, 0.4) is 0 Å². The van der Waals surface area contributed by atoms with Crippen LogP contribution in [0, 0.1) is 0 Å². The summed E-state index contributed by atoms with van der Waals surface area (Å²) in [6, 6.07) is 5.08. The molecular weight excluding hydrogens is 297 g/mol. The van der Waals surface area contributed by atoms with E-state index in [4.69, 9.17) is 23.2 Å². The molecule has 1 saturated heterocycles. The first-order valence-corrected chi connectivity index (χ1v) is 7.35. The normalized spacial score (nSPS) is 18.8. The summed E-state index contributed by atoms with van der Waals surface area (Å²) in [7, 11) is 0. The average molecular weight is 316 g/mol. The quantitative estimate of drug-likeness (QED) is 0.901. The van der Waals surface area contributed by atoms with E-state index in [2.05, 4.69) is 29.4 Å². The van der Waals surface area contributed by atoms with Gasteiger partial charge >= 0.3 is 0 Å². The third-order valence-electron chi connectivity index (χ3n) is 3.51. The third-order valence-corrected chi connectivity index (χ3v) is 4.25. The van der Waals surface area contributed by atoms with Gasteiger partial charge in [-0.15, -0.1) is 0 Å². The zero-order valence-electron chi connectivity index (χ0n) is 11.7. The minimum Gasteiger partial charge on any atom is -0.325 e. The van der Waals surface area contributed by atoms with Gasteiger partial charge in [-0.25, -0.2) is 0 Å². The molecule has 1 heterocycles. The number of carbonyl (C=O) groups excluding carboxylic acids is 1. The molecule has 110 valence electrons. The summed E-state index contributed by atoms with van der Waals surface area (Å²) in [5.41, 5.74) is 0.644. The van der Waals surface area contributed by atoms with Crippen LogP contribution in [0.2, 0.25) is 10.0 Å². The van der Waals surface area contributed by atoms with Crippen molar-refractivity contribution in [3.8, 4) is 0 Å². The number of nitrogens with zero attached hydrogens (tertiary/aromatic N) is 1. The number of nitrogens with one attached hydrogen (secondary N) is 2. The van der Waals surface area contributed by atoms with E-state index in [1.807, 2.05) is 0 Å². The van der Waals surface area contributed by atoms with Gasteiger partial charge in [-0.2, -0.15) is 0 Å². The van der Waals surface area contributed by atoms with Gasteiger partial charge in [-0.1, -0.05) is 23.2 Å². The van der Waals surface area contributed by atoms with Crippen LogP contribution < -0.4 is 10.6 Å². The Hall–Kier alpha value is -0.810. The highest BCUT2D eigenvalue weighted by Crippen LogP contribution is 2.25. The molecule has 0 saturated carbocycles. The Kier molecular flexibility index (Phi) is 4.91. The second-order valence-corrected chi connectivity index (χ2v) is 6.40. The Morgan fingerprint density at radius 2 is 2.15 bits per heavy atom. The molecule has 2 rings (SSSR count). The van der Waals surface area contributed by atoms with Crippen molar-refractivity contribution >= 4 is 34.8 Å². The summed E-state index contributed by atoms with van der Waals surface area (Å²) in [4.78, 5) is 14.3. The van der Waals surface area contributed by atoms with Crippen molar-refractivity contribution in [2.45, 2.75) is 19.4 Å². The standard InChI is InChI=1S/C14H19Cl2N3O/c1-14(2)9-17-5-6-19(14)8-13(20)18-10-3-4-11(15)12(16)7-10/h3-4,7,17H,5-6,8-9H2,1-2H3,(H,18,20). The average Bonchev–Trinajstić information content (AvgIpc) is 2.36. The van der Waals surface area contributed by atoms with Gasteiger partial charge in [-0.05, 0) is 32.0 Å². The fourth-order valence-electron chi connectivity index (χ4n) is 2.26. The van der Waals surface area contributed by atoms with E-state index in [1.165, 1.54) is 0 Å². The Morgan fingerprint density at radius 3 is 2.80 bits per heavy atom. The van der Waals surface area contributed by atoms with Crippen molar-refractivity contribution in [2.75, 3.05) is 31.5 Å². The monoisotopic (exact) mass is 315 g/mol. The van der Waals surface area contributed by atoms with E-state index in [0.29, 0.717) is 22.3 Å². The molecular formula is C14H19Cl2N3O. The van der Waals surface area contributed by atoms with Gasteiger partial charge in [0.15, 0.2) is 0 Å². The second kappa shape index (κ2) is 6.31. The van der Waals surface area contributed by atoms with Crippen molar-refractivity contribution < 1.29 is 4.79 Å². The Morgan fingerprint density at radius 1 is 1.40 bits per heavy atom. The summed E-state index contributed by atoms with van der Waals surface area (Å²) in [5, 5.41) is 7.10. The zero-order chi connectivity index (χ0) is 14.8. The highest BCUT2D eigenvalue weighted by molar-refractivity contribution is 6.42. The summed E-state index contributed by atoms with van der Waals surface area (Å²) in [5.74, 6) is -0.0432. The summed E-state index contributed by atoms with van der Waals surface area (Å²) < 4.78 is 0. The van der Waals surface area contributed by atoms with E-state index in [9.17, 15) is 4.79 Å². The molecule has 20 heavy (non-hydrogen) atoms. The molecule has 1 aliphatic heterocycles. The Labute approximate surface area is 129 Å². The SMILES string of the molecule is CC1(C)CNCCN1CC(=O)Nc1ccc(Cl)c(Cl)c1. The second-order valence-electron chi connectivity index (χ2n) is 5.59. The van der Waals surface area contributed by atoms with Crippen LogP contribution in [0.4, 0.5) is 5.69 Å². The lowest BCUT2D eigenvalue weighted by Crippen LogP contribution is -2.59. The van der Waals surface area contributed by atoms with Crippen LogP contribution in [0.5, 0.6) is 0 Å².